The second-order valence-electron chi connectivity index (χ2n) is 3.06. The van der Waals surface area contributed by atoms with Crippen molar-refractivity contribution in [2.45, 2.75) is 31.5 Å². The first-order valence-electron chi connectivity index (χ1n) is 3.88. The molecule has 5 heteroatoms. The maximum atomic E-state index is 9.33. The second-order valence-corrected chi connectivity index (χ2v) is 3.06. The molecule has 12 heavy (non-hydrogen) atoms. The Bertz CT molecular complexity index is 151. The van der Waals surface area contributed by atoms with Crippen molar-refractivity contribution in [2.24, 2.45) is 5.92 Å². The third-order valence-electron chi connectivity index (χ3n) is 2.25. The highest BCUT2D eigenvalue weighted by atomic mass is 16.6. The molecule has 0 aromatic carbocycles. The van der Waals surface area contributed by atoms with Crippen LogP contribution in [0.3, 0.4) is 0 Å². The average Bonchev–Trinajstić information content (AvgIpc) is 2.01. The second kappa shape index (κ2) is 3.68. The molecule has 1 rings (SSSR count). The van der Waals surface area contributed by atoms with Crippen LogP contribution < -0.4 is 0 Å². The van der Waals surface area contributed by atoms with Gasteiger partial charge in [0.1, 0.15) is 6.10 Å². The summed E-state index contributed by atoms with van der Waals surface area (Å²) < 4.78 is 4.86. The molecule has 1 aliphatic rings. The molecule has 0 aromatic heterocycles. The van der Waals surface area contributed by atoms with Crippen molar-refractivity contribution in [1.29, 1.82) is 0 Å². The summed E-state index contributed by atoms with van der Waals surface area (Å²) in [5.74, 6) is -0.539. The van der Waals surface area contributed by atoms with E-state index in [9.17, 15) is 5.11 Å². The lowest BCUT2D eigenvalue weighted by atomic mass is 9.91. The van der Waals surface area contributed by atoms with Gasteiger partial charge in [-0.1, -0.05) is 0 Å². The van der Waals surface area contributed by atoms with Crippen LogP contribution in [0.2, 0.25) is 0 Å². The number of aliphatic hydroxyl groups is 4. The lowest BCUT2D eigenvalue weighted by Gasteiger charge is -2.38. The first-order chi connectivity index (χ1) is 5.57. The van der Waals surface area contributed by atoms with Gasteiger partial charge in [-0.15, -0.1) is 0 Å². The maximum Gasteiger partial charge on any atom is 0.183 e. The van der Waals surface area contributed by atoms with E-state index in [1.807, 2.05) is 0 Å². The third kappa shape index (κ3) is 1.60. The fourth-order valence-electron chi connectivity index (χ4n) is 1.36. The molecule has 1 saturated heterocycles. The molecule has 5 nitrogen and oxygen atoms in total. The molecule has 2 unspecified atom stereocenters. The zero-order chi connectivity index (χ0) is 9.30. The number of aliphatic hydroxyl groups excluding tert-OH is 4. The van der Waals surface area contributed by atoms with E-state index in [0.717, 1.165) is 0 Å². The van der Waals surface area contributed by atoms with E-state index in [1.54, 1.807) is 6.92 Å². The summed E-state index contributed by atoms with van der Waals surface area (Å²) in [6.07, 6.45) is -4.28. The molecule has 4 N–H and O–H groups in total. The van der Waals surface area contributed by atoms with Crippen LogP contribution in [0.4, 0.5) is 0 Å². The Hall–Kier alpha value is -0.200. The van der Waals surface area contributed by atoms with Gasteiger partial charge in [-0.2, -0.15) is 0 Å². The van der Waals surface area contributed by atoms with E-state index >= 15 is 0 Å². The number of hydrogen-bond acceptors (Lipinski definition) is 5. The minimum absolute atomic E-state index is 0.272. The van der Waals surface area contributed by atoms with Gasteiger partial charge in [0.2, 0.25) is 0 Å². The van der Waals surface area contributed by atoms with Crippen molar-refractivity contribution < 1.29 is 25.2 Å². The lowest BCUT2D eigenvalue weighted by molar-refractivity contribution is -0.268. The summed E-state index contributed by atoms with van der Waals surface area (Å²) in [5.41, 5.74) is 0. The van der Waals surface area contributed by atoms with Crippen molar-refractivity contribution >= 4 is 0 Å². The summed E-state index contributed by atoms with van der Waals surface area (Å²) >= 11 is 0. The molecule has 1 aliphatic heterocycles. The SMILES string of the molecule is CC1O[C@H](O)[C@@H](O)C(O)[C@H]1CO. The van der Waals surface area contributed by atoms with Crippen LogP contribution in [-0.4, -0.2) is 51.6 Å². The Balaban J connectivity index is 2.65. The Morgan fingerprint density at radius 2 is 1.75 bits per heavy atom. The van der Waals surface area contributed by atoms with Crippen LogP contribution in [0.1, 0.15) is 6.92 Å². The third-order valence-corrected chi connectivity index (χ3v) is 2.25. The smallest absolute Gasteiger partial charge is 0.183 e. The van der Waals surface area contributed by atoms with Crippen molar-refractivity contribution in [3.8, 4) is 0 Å². The highest BCUT2D eigenvalue weighted by molar-refractivity contribution is 4.86. The first-order valence-corrected chi connectivity index (χ1v) is 3.88. The number of rotatable bonds is 1. The predicted molar refractivity (Wildman–Crippen MR) is 39.1 cm³/mol. The molecule has 0 saturated carbocycles. The normalized spacial score (nSPS) is 49.2. The monoisotopic (exact) mass is 178 g/mol. The van der Waals surface area contributed by atoms with E-state index in [-0.39, 0.29) is 6.61 Å². The number of hydrogen-bond donors (Lipinski definition) is 4. The Labute approximate surface area is 70.2 Å². The molecular formula is C7H14O5. The fourth-order valence-corrected chi connectivity index (χ4v) is 1.36. The molecule has 0 aromatic rings. The van der Waals surface area contributed by atoms with E-state index in [0.29, 0.717) is 0 Å². The standard InChI is InChI=1S/C7H14O5/c1-3-4(2-8)5(9)6(10)7(11)12-3/h3-11H,2H2,1H3/t3?,4-,5?,6-,7-/m0/s1. The Kier molecular flexibility index (Phi) is 3.03. The Morgan fingerprint density at radius 3 is 2.25 bits per heavy atom. The molecular weight excluding hydrogens is 164 g/mol. The highest BCUT2D eigenvalue weighted by Crippen LogP contribution is 2.24. The van der Waals surface area contributed by atoms with Gasteiger partial charge >= 0.3 is 0 Å². The van der Waals surface area contributed by atoms with E-state index in [2.05, 4.69) is 0 Å². The minimum Gasteiger partial charge on any atom is -0.396 e. The van der Waals surface area contributed by atoms with Gasteiger partial charge in [-0.3, -0.25) is 0 Å². The van der Waals surface area contributed by atoms with Gasteiger partial charge in [0.05, 0.1) is 18.8 Å². The Morgan fingerprint density at radius 1 is 1.17 bits per heavy atom. The average molecular weight is 178 g/mol. The molecule has 1 heterocycles. The van der Waals surface area contributed by atoms with E-state index in [1.165, 1.54) is 0 Å². The quantitative estimate of drug-likeness (QED) is 0.375. The van der Waals surface area contributed by atoms with Crippen molar-refractivity contribution in [1.82, 2.24) is 0 Å². The van der Waals surface area contributed by atoms with E-state index < -0.39 is 30.5 Å². The van der Waals surface area contributed by atoms with Crippen LogP contribution in [-0.2, 0) is 4.74 Å². The molecule has 72 valence electrons. The molecule has 0 bridgehead atoms. The lowest BCUT2D eigenvalue weighted by Crippen LogP contribution is -2.54. The minimum atomic E-state index is -1.36. The summed E-state index contributed by atoms with van der Waals surface area (Å²) in [7, 11) is 0. The highest BCUT2D eigenvalue weighted by Gasteiger charge is 2.41. The van der Waals surface area contributed by atoms with Crippen LogP contribution in [0.15, 0.2) is 0 Å². The van der Waals surface area contributed by atoms with Gasteiger partial charge in [0.15, 0.2) is 6.29 Å². The zero-order valence-corrected chi connectivity index (χ0v) is 6.79. The van der Waals surface area contributed by atoms with Crippen molar-refractivity contribution in [3.63, 3.8) is 0 Å². The maximum absolute atomic E-state index is 9.33. The van der Waals surface area contributed by atoms with Gasteiger partial charge in [-0.25, -0.2) is 0 Å². The van der Waals surface area contributed by atoms with Crippen molar-refractivity contribution in [2.75, 3.05) is 6.61 Å². The van der Waals surface area contributed by atoms with Gasteiger partial charge in [0, 0.05) is 5.92 Å². The van der Waals surface area contributed by atoms with Crippen molar-refractivity contribution in [3.05, 3.63) is 0 Å². The predicted octanol–water partition coefficient (Wildman–Crippen LogP) is -1.95. The molecule has 5 atom stereocenters. The molecule has 0 amide bonds. The van der Waals surface area contributed by atoms with Crippen LogP contribution in [0.25, 0.3) is 0 Å². The summed E-state index contributed by atoms with van der Waals surface area (Å²) in [4.78, 5) is 0. The number of ether oxygens (including phenoxy) is 1. The van der Waals surface area contributed by atoms with Gasteiger partial charge < -0.3 is 25.2 Å². The first kappa shape index (κ1) is 9.88. The van der Waals surface area contributed by atoms with Gasteiger partial charge in [-0.05, 0) is 6.92 Å². The summed E-state index contributed by atoms with van der Waals surface area (Å²) in [6.45, 7) is 1.35. The van der Waals surface area contributed by atoms with Crippen LogP contribution in [0.5, 0.6) is 0 Å². The molecule has 1 fully saturated rings. The topological polar surface area (TPSA) is 90.2 Å². The molecule has 0 spiro atoms. The summed E-state index contributed by atoms with van der Waals surface area (Å²) in [5, 5.41) is 36.3. The molecule has 0 radical (unpaired) electrons. The van der Waals surface area contributed by atoms with Crippen LogP contribution in [0, 0.1) is 5.92 Å². The summed E-state index contributed by atoms with van der Waals surface area (Å²) in [6, 6.07) is 0. The molecule has 0 aliphatic carbocycles. The van der Waals surface area contributed by atoms with E-state index in [4.69, 9.17) is 20.1 Å². The van der Waals surface area contributed by atoms with Crippen LogP contribution >= 0.6 is 0 Å². The van der Waals surface area contributed by atoms with Gasteiger partial charge in [0.25, 0.3) is 0 Å². The fraction of sp³-hybridized carbons (Fsp3) is 1.00. The zero-order valence-electron chi connectivity index (χ0n) is 6.79. The largest absolute Gasteiger partial charge is 0.396 e.